The van der Waals surface area contributed by atoms with E-state index in [1.807, 2.05) is 25.1 Å². The van der Waals surface area contributed by atoms with Crippen molar-refractivity contribution in [2.75, 3.05) is 17.2 Å². The van der Waals surface area contributed by atoms with Crippen LogP contribution in [0.15, 0.2) is 24.4 Å². The summed E-state index contributed by atoms with van der Waals surface area (Å²) < 4.78 is 5.30. The third-order valence-electron chi connectivity index (χ3n) is 2.85. The van der Waals surface area contributed by atoms with E-state index in [1.165, 1.54) is 0 Å². The number of benzene rings is 1. The number of rotatable bonds is 3. The van der Waals surface area contributed by atoms with E-state index in [4.69, 9.17) is 4.74 Å². The molecule has 0 saturated heterocycles. The highest BCUT2D eigenvalue weighted by atomic mass is 16.5. The van der Waals surface area contributed by atoms with Gasteiger partial charge in [0, 0.05) is 5.69 Å². The molecule has 3 rings (SSSR count). The van der Waals surface area contributed by atoms with Crippen molar-refractivity contribution in [3.63, 3.8) is 0 Å². The third kappa shape index (κ3) is 2.52. The molecule has 0 fully saturated rings. The van der Waals surface area contributed by atoms with Crippen LogP contribution in [-0.4, -0.2) is 22.5 Å². The summed E-state index contributed by atoms with van der Waals surface area (Å²) in [5.41, 5.74) is 2.62. The first-order valence-electron chi connectivity index (χ1n) is 6.02. The van der Waals surface area contributed by atoms with Crippen molar-refractivity contribution in [2.45, 2.75) is 13.5 Å². The first-order valence-corrected chi connectivity index (χ1v) is 6.02. The van der Waals surface area contributed by atoms with Crippen LogP contribution in [-0.2, 0) is 11.3 Å². The fraction of sp³-hybridized carbons (Fsp3) is 0.231. The fourth-order valence-corrected chi connectivity index (χ4v) is 1.95. The number of anilines is 2. The molecule has 0 saturated carbocycles. The van der Waals surface area contributed by atoms with Crippen molar-refractivity contribution in [3.05, 3.63) is 35.9 Å². The summed E-state index contributed by atoms with van der Waals surface area (Å²) in [6.45, 7) is 2.64. The summed E-state index contributed by atoms with van der Waals surface area (Å²) in [5.74, 6) is 1.46. The molecule has 0 atom stereocenters. The number of fused-ring (bicyclic) bond motifs is 1. The molecule has 0 spiro atoms. The molecule has 6 heteroatoms. The molecule has 98 valence electrons. The number of nitrogens with zero attached hydrogens (tertiary/aromatic N) is 1. The smallest absolute Gasteiger partial charge is 0.262 e. The van der Waals surface area contributed by atoms with E-state index in [1.54, 1.807) is 6.20 Å². The molecule has 1 aliphatic rings. The van der Waals surface area contributed by atoms with E-state index < -0.39 is 0 Å². The van der Waals surface area contributed by atoms with Crippen molar-refractivity contribution in [1.29, 1.82) is 0 Å². The number of aromatic nitrogens is 2. The normalized spacial score (nSPS) is 13.4. The van der Waals surface area contributed by atoms with Crippen LogP contribution >= 0.6 is 0 Å². The van der Waals surface area contributed by atoms with Crippen molar-refractivity contribution in [1.82, 2.24) is 9.97 Å². The minimum absolute atomic E-state index is 0.0766. The number of aromatic amines is 1. The van der Waals surface area contributed by atoms with Gasteiger partial charge in [0.1, 0.15) is 11.6 Å². The first kappa shape index (κ1) is 11.6. The lowest BCUT2D eigenvalue weighted by molar-refractivity contribution is -0.118. The fourth-order valence-electron chi connectivity index (χ4n) is 1.95. The van der Waals surface area contributed by atoms with E-state index in [0.717, 1.165) is 17.2 Å². The molecule has 2 heterocycles. The lowest BCUT2D eigenvalue weighted by Gasteiger charge is -2.18. The third-order valence-corrected chi connectivity index (χ3v) is 2.85. The number of carbonyl (C=O) groups excluding carboxylic acids is 1. The predicted molar refractivity (Wildman–Crippen MR) is 71.2 cm³/mol. The molecule has 2 aromatic rings. The van der Waals surface area contributed by atoms with Gasteiger partial charge in [-0.25, -0.2) is 4.98 Å². The van der Waals surface area contributed by atoms with E-state index >= 15 is 0 Å². The summed E-state index contributed by atoms with van der Waals surface area (Å²) in [7, 11) is 0. The summed E-state index contributed by atoms with van der Waals surface area (Å²) in [6.07, 6.45) is 1.80. The van der Waals surface area contributed by atoms with Gasteiger partial charge >= 0.3 is 0 Å². The summed E-state index contributed by atoms with van der Waals surface area (Å²) in [4.78, 5) is 18.5. The van der Waals surface area contributed by atoms with Crippen LogP contribution in [0.2, 0.25) is 0 Å². The summed E-state index contributed by atoms with van der Waals surface area (Å²) >= 11 is 0. The van der Waals surface area contributed by atoms with Gasteiger partial charge in [-0.2, -0.15) is 0 Å². The SMILES string of the molecule is Cc1ncc(CNc2ccc3c(c2)NC(=O)CO3)[nH]1. The standard InChI is InChI=1S/C13H14N4O2/c1-8-14-5-10(16-8)6-15-9-2-3-12-11(4-9)17-13(18)7-19-12/h2-5,15H,6-7H2,1H3,(H,14,16)(H,17,18). The minimum Gasteiger partial charge on any atom is -0.482 e. The molecule has 0 bridgehead atoms. The monoisotopic (exact) mass is 258 g/mol. The molecular formula is C13H14N4O2. The second-order valence-electron chi connectivity index (χ2n) is 4.40. The van der Waals surface area contributed by atoms with Gasteiger partial charge in [-0.3, -0.25) is 4.79 Å². The van der Waals surface area contributed by atoms with Gasteiger partial charge < -0.3 is 20.4 Å². The second-order valence-corrected chi connectivity index (χ2v) is 4.40. The van der Waals surface area contributed by atoms with Crippen LogP contribution in [0.1, 0.15) is 11.5 Å². The second kappa shape index (κ2) is 4.64. The topological polar surface area (TPSA) is 79.0 Å². The molecule has 3 N–H and O–H groups in total. The van der Waals surface area contributed by atoms with Gasteiger partial charge in [0.15, 0.2) is 6.61 Å². The highest BCUT2D eigenvalue weighted by molar-refractivity contribution is 5.95. The van der Waals surface area contributed by atoms with E-state index in [2.05, 4.69) is 20.6 Å². The Kier molecular flexibility index (Phi) is 2.83. The number of hydrogen-bond acceptors (Lipinski definition) is 4. The average Bonchev–Trinajstić information content (AvgIpc) is 2.81. The molecule has 0 unspecified atom stereocenters. The van der Waals surface area contributed by atoms with Gasteiger partial charge in [-0.05, 0) is 25.1 Å². The number of nitrogens with one attached hydrogen (secondary N) is 3. The number of imidazole rings is 1. The van der Waals surface area contributed by atoms with Gasteiger partial charge in [-0.15, -0.1) is 0 Å². The Morgan fingerprint density at radius 1 is 1.47 bits per heavy atom. The zero-order chi connectivity index (χ0) is 13.2. The number of hydrogen-bond donors (Lipinski definition) is 3. The molecule has 1 amide bonds. The van der Waals surface area contributed by atoms with Gasteiger partial charge in [0.2, 0.25) is 0 Å². The first-order chi connectivity index (χ1) is 9.20. The zero-order valence-corrected chi connectivity index (χ0v) is 10.5. The number of carbonyl (C=O) groups is 1. The number of H-pyrrole nitrogens is 1. The minimum atomic E-state index is -0.131. The maximum absolute atomic E-state index is 11.2. The number of ether oxygens (including phenoxy) is 1. The number of amides is 1. The van der Waals surface area contributed by atoms with Gasteiger partial charge in [0.05, 0.1) is 24.1 Å². The maximum Gasteiger partial charge on any atom is 0.262 e. The molecule has 0 aliphatic carbocycles. The van der Waals surface area contributed by atoms with Crippen LogP contribution in [0.4, 0.5) is 11.4 Å². The molecule has 0 radical (unpaired) electrons. The highest BCUT2D eigenvalue weighted by Gasteiger charge is 2.15. The van der Waals surface area contributed by atoms with Crippen molar-refractivity contribution < 1.29 is 9.53 Å². The Balaban J connectivity index is 1.71. The van der Waals surface area contributed by atoms with Crippen LogP contribution in [0.25, 0.3) is 0 Å². The molecule has 1 aromatic heterocycles. The Morgan fingerprint density at radius 2 is 2.37 bits per heavy atom. The summed E-state index contributed by atoms with van der Waals surface area (Å²) in [5, 5.41) is 6.04. The highest BCUT2D eigenvalue weighted by Crippen LogP contribution is 2.30. The average molecular weight is 258 g/mol. The molecule has 6 nitrogen and oxygen atoms in total. The molecular weight excluding hydrogens is 244 g/mol. The van der Waals surface area contributed by atoms with Crippen LogP contribution in [0.5, 0.6) is 5.75 Å². The van der Waals surface area contributed by atoms with Crippen molar-refractivity contribution in [3.8, 4) is 5.75 Å². The predicted octanol–water partition coefficient (Wildman–Crippen LogP) is 1.66. The lowest BCUT2D eigenvalue weighted by Crippen LogP contribution is -2.25. The number of aryl methyl sites for hydroxylation is 1. The zero-order valence-electron chi connectivity index (χ0n) is 10.5. The van der Waals surface area contributed by atoms with E-state index in [9.17, 15) is 4.79 Å². The Labute approximate surface area is 110 Å². The van der Waals surface area contributed by atoms with Crippen molar-refractivity contribution >= 4 is 17.3 Å². The van der Waals surface area contributed by atoms with Crippen LogP contribution < -0.4 is 15.4 Å². The van der Waals surface area contributed by atoms with Gasteiger partial charge in [0.25, 0.3) is 5.91 Å². The van der Waals surface area contributed by atoms with E-state index in [-0.39, 0.29) is 12.5 Å². The van der Waals surface area contributed by atoms with Crippen molar-refractivity contribution in [2.24, 2.45) is 0 Å². The van der Waals surface area contributed by atoms with Crippen LogP contribution in [0.3, 0.4) is 0 Å². The molecule has 1 aliphatic heterocycles. The van der Waals surface area contributed by atoms with Gasteiger partial charge in [-0.1, -0.05) is 0 Å². The Bertz CT molecular complexity index is 621. The Morgan fingerprint density at radius 3 is 3.16 bits per heavy atom. The van der Waals surface area contributed by atoms with E-state index in [0.29, 0.717) is 18.0 Å². The maximum atomic E-state index is 11.2. The molecule has 19 heavy (non-hydrogen) atoms. The largest absolute Gasteiger partial charge is 0.482 e. The van der Waals surface area contributed by atoms with Crippen LogP contribution in [0, 0.1) is 6.92 Å². The Hall–Kier alpha value is -2.50. The molecule has 1 aromatic carbocycles. The quantitative estimate of drug-likeness (QED) is 0.782. The summed E-state index contributed by atoms with van der Waals surface area (Å²) in [6, 6.07) is 5.62. The lowest BCUT2D eigenvalue weighted by atomic mass is 10.2.